The molecule has 3 nitrogen and oxygen atoms in total. The molecule has 0 aliphatic carbocycles. The largest absolute Gasteiger partial charge is 0.387 e. The van der Waals surface area contributed by atoms with Crippen molar-refractivity contribution >= 4 is 15.5 Å². The number of hydrogen-bond acceptors (Lipinski definition) is 3. The summed E-state index contributed by atoms with van der Waals surface area (Å²) in [5.74, 6) is 0. The topological polar surface area (TPSA) is 46.2 Å². The smallest absolute Gasteiger partial charge is 0.177 e. The van der Waals surface area contributed by atoms with E-state index in [0.29, 0.717) is 10.6 Å². The first-order valence-corrected chi connectivity index (χ1v) is 7.08. The van der Waals surface area contributed by atoms with Crippen LogP contribution in [0.2, 0.25) is 0 Å². The highest BCUT2D eigenvalue weighted by Crippen LogP contribution is 2.29. The van der Waals surface area contributed by atoms with E-state index >= 15 is 0 Å². The number of rotatable bonds is 2. The van der Waals surface area contributed by atoms with Crippen LogP contribution in [-0.2, 0) is 15.3 Å². The molecular formula is C12H19NO2S. The quantitative estimate of drug-likeness (QED) is 0.865. The van der Waals surface area contributed by atoms with E-state index in [0.717, 1.165) is 5.56 Å². The highest BCUT2D eigenvalue weighted by Gasteiger charge is 2.18. The summed E-state index contributed by atoms with van der Waals surface area (Å²) >= 11 is 0. The van der Waals surface area contributed by atoms with Gasteiger partial charge < -0.3 is 5.32 Å². The van der Waals surface area contributed by atoms with Gasteiger partial charge in [-0.15, -0.1) is 0 Å². The third-order valence-electron chi connectivity index (χ3n) is 2.51. The second kappa shape index (κ2) is 4.09. The molecule has 16 heavy (non-hydrogen) atoms. The number of benzene rings is 1. The van der Waals surface area contributed by atoms with E-state index in [1.165, 1.54) is 6.26 Å². The molecule has 0 atom stereocenters. The highest BCUT2D eigenvalue weighted by atomic mass is 32.2. The van der Waals surface area contributed by atoms with Crippen LogP contribution in [0.1, 0.15) is 26.3 Å². The second-order valence-corrected chi connectivity index (χ2v) is 6.97. The van der Waals surface area contributed by atoms with E-state index in [2.05, 4.69) is 26.1 Å². The lowest BCUT2D eigenvalue weighted by molar-refractivity contribution is 0.588. The zero-order valence-corrected chi connectivity index (χ0v) is 11.3. The standard InChI is InChI=1S/C12H19NO2S/c1-12(2,3)9-6-7-11(16(5,14)15)10(8-9)13-4/h6-8,13H,1-5H3. The molecule has 0 saturated carbocycles. The molecule has 0 heterocycles. The Labute approximate surface area is 97.8 Å². The summed E-state index contributed by atoms with van der Waals surface area (Å²) in [6, 6.07) is 5.44. The van der Waals surface area contributed by atoms with Gasteiger partial charge in [-0.2, -0.15) is 0 Å². The van der Waals surface area contributed by atoms with Gasteiger partial charge in [-0.1, -0.05) is 26.8 Å². The average molecular weight is 241 g/mol. The SMILES string of the molecule is CNc1cc(C(C)(C)C)ccc1S(C)(=O)=O. The van der Waals surface area contributed by atoms with Gasteiger partial charge >= 0.3 is 0 Å². The van der Waals surface area contributed by atoms with Crippen molar-refractivity contribution < 1.29 is 8.42 Å². The molecule has 0 radical (unpaired) electrons. The Kier molecular flexibility index (Phi) is 3.33. The van der Waals surface area contributed by atoms with Gasteiger partial charge in [-0.3, -0.25) is 0 Å². The van der Waals surface area contributed by atoms with Crippen LogP contribution >= 0.6 is 0 Å². The molecule has 0 aliphatic rings. The third kappa shape index (κ3) is 2.76. The molecule has 0 spiro atoms. The highest BCUT2D eigenvalue weighted by molar-refractivity contribution is 7.90. The Morgan fingerprint density at radius 1 is 1.19 bits per heavy atom. The monoisotopic (exact) mass is 241 g/mol. The van der Waals surface area contributed by atoms with Gasteiger partial charge in [0.2, 0.25) is 0 Å². The molecule has 1 aromatic rings. The fraction of sp³-hybridized carbons (Fsp3) is 0.500. The van der Waals surface area contributed by atoms with Crippen molar-refractivity contribution in [2.24, 2.45) is 0 Å². The van der Waals surface area contributed by atoms with Gasteiger partial charge in [0.1, 0.15) is 0 Å². The first kappa shape index (κ1) is 13.0. The van der Waals surface area contributed by atoms with Gasteiger partial charge in [-0.25, -0.2) is 8.42 Å². The van der Waals surface area contributed by atoms with Gasteiger partial charge in [0, 0.05) is 13.3 Å². The van der Waals surface area contributed by atoms with Crippen molar-refractivity contribution in [2.45, 2.75) is 31.1 Å². The van der Waals surface area contributed by atoms with Gasteiger partial charge in [0.25, 0.3) is 0 Å². The Bertz CT molecular complexity index is 484. The molecule has 0 unspecified atom stereocenters. The van der Waals surface area contributed by atoms with E-state index in [1.54, 1.807) is 13.1 Å². The Morgan fingerprint density at radius 3 is 2.12 bits per heavy atom. The van der Waals surface area contributed by atoms with Gasteiger partial charge in [-0.05, 0) is 23.1 Å². The van der Waals surface area contributed by atoms with E-state index in [9.17, 15) is 8.42 Å². The molecular weight excluding hydrogens is 222 g/mol. The van der Waals surface area contributed by atoms with Crippen LogP contribution in [0.15, 0.2) is 23.1 Å². The number of sulfone groups is 1. The number of anilines is 1. The summed E-state index contributed by atoms with van der Waals surface area (Å²) in [6.45, 7) is 6.30. The summed E-state index contributed by atoms with van der Waals surface area (Å²) in [6.07, 6.45) is 1.22. The van der Waals surface area contributed by atoms with Crippen LogP contribution < -0.4 is 5.32 Å². The summed E-state index contributed by atoms with van der Waals surface area (Å²) in [5, 5.41) is 2.94. The summed E-state index contributed by atoms with van der Waals surface area (Å²) in [4.78, 5) is 0.350. The Balaban J connectivity index is 3.40. The van der Waals surface area contributed by atoms with Crippen molar-refractivity contribution in [3.8, 4) is 0 Å². The molecule has 0 aromatic heterocycles. The molecule has 1 N–H and O–H groups in total. The van der Waals surface area contributed by atoms with Crippen molar-refractivity contribution in [1.82, 2.24) is 0 Å². The molecule has 0 saturated heterocycles. The maximum Gasteiger partial charge on any atom is 0.177 e. The van der Waals surface area contributed by atoms with Crippen LogP contribution in [-0.4, -0.2) is 21.7 Å². The minimum absolute atomic E-state index is 0.0155. The normalized spacial score (nSPS) is 12.6. The van der Waals surface area contributed by atoms with Crippen LogP contribution in [0.4, 0.5) is 5.69 Å². The lowest BCUT2D eigenvalue weighted by Gasteiger charge is -2.21. The molecule has 0 aliphatic heterocycles. The van der Waals surface area contributed by atoms with E-state index in [-0.39, 0.29) is 5.41 Å². The fourth-order valence-electron chi connectivity index (χ4n) is 1.52. The molecule has 1 aromatic carbocycles. The first-order valence-electron chi connectivity index (χ1n) is 5.18. The van der Waals surface area contributed by atoms with E-state index in [1.807, 2.05) is 12.1 Å². The molecule has 1 rings (SSSR count). The fourth-order valence-corrected chi connectivity index (χ4v) is 2.39. The molecule has 0 fully saturated rings. The molecule has 4 heteroatoms. The third-order valence-corrected chi connectivity index (χ3v) is 3.67. The van der Waals surface area contributed by atoms with Gasteiger partial charge in [0.15, 0.2) is 9.84 Å². The average Bonchev–Trinajstić information content (AvgIpc) is 2.14. The second-order valence-electron chi connectivity index (χ2n) is 4.98. The predicted molar refractivity (Wildman–Crippen MR) is 67.8 cm³/mol. The maximum absolute atomic E-state index is 11.5. The van der Waals surface area contributed by atoms with Crippen molar-refractivity contribution in [3.05, 3.63) is 23.8 Å². The summed E-state index contributed by atoms with van der Waals surface area (Å²) in [7, 11) is -1.44. The molecule has 0 bridgehead atoms. The lowest BCUT2D eigenvalue weighted by atomic mass is 9.87. The number of hydrogen-bond donors (Lipinski definition) is 1. The minimum Gasteiger partial charge on any atom is -0.387 e. The van der Waals surface area contributed by atoms with Crippen molar-refractivity contribution in [2.75, 3.05) is 18.6 Å². The van der Waals surface area contributed by atoms with Crippen LogP contribution in [0.5, 0.6) is 0 Å². The zero-order valence-electron chi connectivity index (χ0n) is 10.5. The number of nitrogens with one attached hydrogen (secondary N) is 1. The Morgan fingerprint density at radius 2 is 1.75 bits per heavy atom. The van der Waals surface area contributed by atoms with E-state index in [4.69, 9.17) is 0 Å². The molecule has 90 valence electrons. The van der Waals surface area contributed by atoms with Crippen LogP contribution in [0.3, 0.4) is 0 Å². The maximum atomic E-state index is 11.5. The predicted octanol–water partition coefficient (Wildman–Crippen LogP) is 2.43. The Hall–Kier alpha value is -1.03. The van der Waals surface area contributed by atoms with E-state index < -0.39 is 9.84 Å². The lowest BCUT2D eigenvalue weighted by Crippen LogP contribution is -2.12. The van der Waals surface area contributed by atoms with Crippen LogP contribution in [0, 0.1) is 0 Å². The first-order chi connectivity index (χ1) is 7.16. The summed E-state index contributed by atoms with van der Waals surface area (Å²) in [5.41, 5.74) is 1.79. The van der Waals surface area contributed by atoms with Crippen molar-refractivity contribution in [1.29, 1.82) is 0 Å². The van der Waals surface area contributed by atoms with Crippen LogP contribution in [0.25, 0.3) is 0 Å². The molecule has 0 amide bonds. The minimum atomic E-state index is -3.17. The van der Waals surface area contributed by atoms with Gasteiger partial charge in [0.05, 0.1) is 10.6 Å². The summed E-state index contributed by atoms with van der Waals surface area (Å²) < 4.78 is 23.1. The zero-order chi connectivity index (χ0) is 12.6. The van der Waals surface area contributed by atoms with Crippen molar-refractivity contribution in [3.63, 3.8) is 0 Å².